The fraction of sp³-hybridized carbons (Fsp3) is 0.273. The van der Waals surface area contributed by atoms with Crippen molar-refractivity contribution in [2.45, 2.75) is 42.9 Å². The number of hydrogen-bond donors (Lipinski definition) is 0. The van der Waals surface area contributed by atoms with Crippen molar-refractivity contribution in [3.63, 3.8) is 0 Å². The molecule has 2 aromatic carbocycles. The number of benzene rings is 2. The fourth-order valence-corrected chi connectivity index (χ4v) is 4.73. The molecule has 0 amide bonds. The van der Waals surface area contributed by atoms with Crippen molar-refractivity contribution in [1.29, 1.82) is 0 Å². The quantitative estimate of drug-likeness (QED) is 0.350. The molecule has 0 spiro atoms. The lowest BCUT2D eigenvalue weighted by atomic mass is 9.59. The van der Waals surface area contributed by atoms with Crippen LogP contribution in [-0.2, 0) is 0 Å². The highest BCUT2D eigenvalue weighted by Crippen LogP contribution is 2.37. The molecule has 1 atom stereocenters. The maximum Gasteiger partial charge on any atom is 0.186 e. The zero-order valence-corrected chi connectivity index (χ0v) is 17.0. The number of allylic oxidation sites excluding steroid dienone is 1. The van der Waals surface area contributed by atoms with Gasteiger partial charge >= 0.3 is 0 Å². The molecule has 0 N–H and O–H groups in total. The van der Waals surface area contributed by atoms with Crippen molar-refractivity contribution in [3.8, 4) is 0 Å². The van der Waals surface area contributed by atoms with Gasteiger partial charge in [-0.15, -0.1) is 12.1 Å². The summed E-state index contributed by atoms with van der Waals surface area (Å²) >= 11 is 3.45. The Labute approximate surface area is 162 Å². The molecule has 0 aromatic heterocycles. The van der Waals surface area contributed by atoms with E-state index in [9.17, 15) is 0 Å². The van der Waals surface area contributed by atoms with Crippen LogP contribution in [0.25, 0.3) is 0 Å². The highest BCUT2D eigenvalue weighted by Gasteiger charge is 2.11. The highest BCUT2D eigenvalue weighted by atomic mass is 32.2. The van der Waals surface area contributed by atoms with Gasteiger partial charge in [-0.2, -0.15) is 0 Å². The van der Waals surface area contributed by atoms with E-state index in [-0.39, 0.29) is 0 Å². The van der Waals surface area contributed by atoms with E-state index < -0.39 is 0 Å². The predicted molar refractivity (Wildman–Crippen MR) is 118 cm³/mol. The van der Waals surface area contributed by atoms with E-state index in [4.69, 9.17) is 0 Å². The Hall–Kier alpha value is -1.32. The molecule has 0 aliphatic rings. The van der Waals surface area contributed by atoms with Gasteiger partial charge in [0.05, 0.1) is 0 Å². The van der Waals surface area contributed by atoms with Crippen molar-refractivity contribution in [3.05, 3.63) is 77.5 Å². The molecule has 0 radical (unpaired) electrons. The van der Waals surface area contributed by atoms with Crippen LogP contribution in [0.1, 0.15) is 33.1 Å². The van der Waals surface area contributed by atoms with E-state index in [0.29, 0.717) is 5.92 Å². The second kappa shape index (κ2) is 10.6. The second-order valence-electron chi connectivity index (χ2n) is 6.26. The Kier molecular flexibility index (Phi) is 8.50. The maximum absolute atomic E-state index is 4.33. The minimum Gasteiger partial charge on any atom is -0.108 e. The van der Waals surface area contributed by atoms with Gasteiger partial charge in [-0.3, -0.25) is 0 Å². The summed E-state index contributed by atoms with van der Waals surface area (Å²) < 4.78 is 1.09. The lowest BCUT2D eigenvalue weighted by Gasteiger charge is -2.16. The van der Waals surface area contributed by atoms with E-state index in [1.165, 1.54) is 40.0 Å². The third-order valence-corrected chi connectivity index (χ3v) is 6.24. The largest absolute Gasteiger partial charge is 0.186 e. The summed E-state index contributed by atoms with van der Waals surface area (Å²) in [6.45, 7) is 13.0. The Bertz CT molecular complexity index is 677. The van der Waals surface area contributed by atoms with Gasteiger partial charge in [0.1, 0.15) is 0 Å². The van der Waals surface area contributed by atoms with Crippen molar-refractivity contribution in [2.75, 3.05) is 0 Å². The summed E-state index contributed by atoms with van der Waals surface area (Å²) in [5.41, 5.74) is 2.72. The normalized spacial score (nSPS) is 11.8. The number of thioether (sulfide) groups is 2. The molecule has 0 heterocycles. The number of rotatable bonds is 10. The van der Waals surface area contributed by atoms with Crippen LogP contribution in [0.4, 0.5) is 0 Å². The first kappa shape index (κ1) is 20.0. The molecule has 25 heavy (non-hydrogen) atoms. The summed E-state index contributed by atoms with van der Waals surface area (Å²) in [6.07, 6.45) is 3.67. The Morgan fingerprint density at radius 1 is 0.920 bits per heavy atom. The molecule has 0 fully saturated rings. The van der Waals surface area contributed by atoms with E-state index in [0.717, 1.165) is 11.5 Å². The average molecular weight is 366 g/mol. The maximum atomic E-state index is 4.33. The highest BCUT2D eigenvalue weighted by molar-refractivity contribution is 8.22. The SMILES string of the molecule is C=C(Sc1ccccc1)Sc1ccc(BC(=C)C(CC)CCC)cc1. The first-order valence-corrected chi connectivity index (χ1v) is 10.6. The molecule has 2 rings (SSSR count). The van der Waals surface area contributed by atoms with Crippen LogP contribution in [0.3, 0.4) is 0 Å². The molecule has 0 nitrogen and oxygen atoms in total. The summed E-state index contributed by atoms with van der Waals surface area (Å²) in [4.78, 5) is 2.47. The van der Waals surface area contributed by atoms with E-state index >= 15 is 0 Å². The molecule has 130 valence electrons. The molecule has 0 saturated carbocycles. The molecule has 2 aromatic rings. The summed E-state index contributed by atoms with van der Waals surface area (Å²) in [6, 6.07) is 19.2. The van der Waals surface area contributed by atoms with Crippen LogP contribution in [0.5, 0.6) is 0 Å². The predicted octanol–water partition coefficient (Wildman–Crippen LogP) is 6.44. The molecular formula is C22H27BS2. The molecule has 1 unspecified atom stereocenters. The first-order valence-electron chi connectivity index (χ1n) is 8.98. The van der Waals surface area contributed by atoms with E-state index in [2.05, 4.69) is 75.5 Å². The van der Waals surface area contributed by atoms with E-state index in [1.807, 2.05) is 6.07 Å². The second-order valence-corrected chi connectivity index (χ2v) is 8.86. The van der Waals surface area contributed by atoms with Gasteiger partial charge in [0, 0.05) is 14.0 Å². The molecule has 0 aliphatic heterocycles. The van der Waals surface area contributed by atoms with Crippen LogP contribution in [0.2, 0.25) is 0 Å². The molecular weight excluding hydrogens is 339 g/mol. The van der Waals surface area contributed by atoms with Gasteiger partial charge in [0.2, 0.25) is 0 Å². The summed E-state index contributed by atoms with van der Waals surface area (Å²) in [7, 11) is 0.989. The van der Waals surface area contributed by atoms with Crippen molar-refractivity contribution in [1.82, 2.24) is 0 Å². The van der Waals surface area contributed by atoms with Crippen molar-refractivity contribution in [2.24, 2.45) is 5.92 Å². The smallest absolute Gasteiger partial charge is 0.108 e. The minimum absolute atomic E-state index is 0.654. The first-order chi connectivity index (χ1) is 12.1. The summed E-state index contributed by atoms with van der Waals surface area (Å²) in [5.74, 6) is 0.654. The lowest BCUT2D eigenvalue weighted by Crippen LogP contribution is -2.20. The van der Waals surface area contributed by atoms with Crippen molar-refractivity contribution >= 4 is 36.3 Å². The Balaban J connectivity index is 1.89. The van der Waals surface area contributed by atoms with Crippen LogP contribution in [0, 0.1) is 5.92 Å². The lowest BCUT2D eigenvalue weighted by molar-refractivity contribution is 0.554. The minimum atomic E-state index is 0.654. The van der Waals surface area contributed by atoms with Crippen LogP contribution in [-0.4, -0.2) is 7.28 Å². The van der Waals surface area contributed by atoms with Gasteiger partial charge in [-0.1, -0.05) is 92.6 Å². The molecule has 0 aliphatic carbocycles. The fourth-order valence-electron chi connectivity index (χ4n) is 2.90. The van der Waals surface area contributed by atoms with Gasteiger partial charge in [0.15, 0.2) is 7.28 Å². The van der Waals surface area contributed by atoms with Gasteiger partial charge in [-0.05, 0) is 36.6 Å². The third kappa shape index (κ3) is 6.83. The zero-order chi connectivity index (χ0) is 18.1. The van der Waals surface area contributed by atoms with E-state index in [1.54, 1.807) is 23.5 Å². The van der Waals surface area contributed by atoms with Crippen LogP contribution < -0.4 is 5.46 Å². The van der Waals surface area contributed by atoms with Gasteiger partial charge < -0.3 is 0 Å². The van der Waals surface area contributed by atoms with Gasteiger partial charge in [-0.25, -0.2) is 0 Å². The standard InChI is InChI=1S/C22H27BS2/c1-5-10-19(6-2)17(3)23-20-13-15-22(16-14-20)25-18(4)24-21-11-8-7-9-12-21/h7-9,11-16,19,23H,3-6,10H2,1-2H3. The van der Waals surface area contributed by atoms with Crippen LogP contribution in [0.15, 0.2) is 87.3 Å². The van der Waals surface area contributed by atoms with Crippen molar-refractivity contribution < 1.29 is 0 Å². The Morgan fingerprint density at radius 3 is 2.08 bits per heavy atom. The molecule has 0 saturated heterocycles. The topological polar surface area (TPSA) is 0 Å². The average Bonchev–Trinajstić information content (AvgIpc) is 2.62. The van der Waals surface area contributed by atoms with Gasteiger partial charge in [0.25, 0.3) is 0 Å². The summed E-state index contributed by atoms with van der Waals surface area (Å²) in [5, 5.41) is 0. The number of hydrogen-bond acceptors (Lipinski definition) is 2. The van der Waals surface area contributed by atoms with Crippen LogP contribution >= 0.6 is 23.5 Å². The monoisotopic (exact) mass is 366 g/mol. The zero-order valence-electron chi connectivity index (χ0n) is 15.3. The molecule has 0 bridgehead atoms. The Morgan fingerprint density at radius 2 is 1.52 bits per heavy atom. The third-order valence-electron chi connectivity index (χ3n) is 4.27. The molecule has 3 heteroatoms.